The average molecular weight is 248 g/mol. The van der Waals surface area contributed by atoms with E-state index in [9.17, 15) is 4.79 Å². The van der Waals surface area contributed by atoms with Crippen molar-refractivity contribution >= 4 is 11.7 Å². The smallest absolute Gasteiger partial charge is 0.260 e. The van der Waals surface area contributed by atoms with Gasteiger partial charge >= 0.3 is 0 Å². The van der Waals surface area contributed by atoms with Crippen molar-refractivity contribution in [3.63, 3.8) is 0 Å². The molecule has 1 N–H and O–H groups in total. The van der Waals surface area contributed by atoms with Crippen LogP contribution < -0.4 is 10.1 Å². The van der Waals surface area contributed by atoms with E-state index in [4.69, 9.17) is 4.74 Å². The lowest BCUT2D eigenvalue weighted by Gasteiger charge is -2.13. The summed E-state index contributed by atoms with van der Waals surface area (Å²) in [5.41, 5.74) is 0.793. The van der Waals surface area contributed by atoms with Gasteiger partial charge in [0.1, 0.15) is 5.84 Å². The maximum Gasteiger partial charge on any atom is 0.260 e. The van der Waals surface area contributed by atoms with Crippen molar-refractivity contribution in [3.8, 4) is 5.88 Å². The zero-order valence-corrected chi connectivity index (χ0v) is 10.5. The Labute approximate surface area is 106 Å². The van der Waals surface area contributed by atoms with Gasteiger partial charge in [0.05, 0.1) is 12.1 Å². The zero-order valence-electron chi connectivity index (χ0n) is 10.5. The Kier molecular flexibility index (Phi) is 3.76. The summed E-state index contributed by atoms with van der Waals surface area (Å²) in [6.45, 7) is 1.55. The number of nitrogens with zero attached hydrogens (tertiary/aromatic N) is 3. The fraction of sp³-hybridized carbons (Fsp3) is 0.417. The number of amidine groups is 1. The molecule has 0 bridgehead atoms. The maximum absolute atomic E-state index is 11.5. The number of carbonyl (C=O) groups is 1. The zero-order chi connectivity index (χ0) is 13.0. The third-order valence-corrected chi connectivity index (χ3v) is 2.53. The Morgan fingerprint density at radius 2 is 2.39 bits per heavy atom. The summed E-state index contributed by atoms with van der Waals surface area (Å²) >= 11 is 0. The van der Waals surface area contributed by atoms with Gasteiger partial charge in [-0.05, 0) is 12.1 Å². The Morgan fingerprint density at radius 1 is 1.56 bits per heavy atom. The Bertz CT molecular complexity index is 471. The van der Waals surface area contributed by atoms with Crippen molar-refractivity contribution in [2.24, 2.45) is 4.99 Å². The summed E-state index contributed by atoms with van der Waals surface area (Å²) in [7, 11) is 3.38. The van der Waals surface area contributed by atoms with Crippen LogP contribution in [0.25, 0.3) is 0 Å². The van der Waals surface area contributed by atoms with Crippen molar-refractivity contribution in [3.05, 3.63) is 23.9 Å². The number of aliphatic imine (C=N–C) groups is 1. The molecule has 0 unspecified atom stereocenters. The second-order valence-electron chi connectivity index (χ2n) is 4.09. The first kappa shape index (κ1) is 12.3. The third-order valence-electron chi connectivity index (χ3n) is 2.53. The van der Waals surface area contributed by atoms with Gasteiger partial charge in [0.15, 0.2) is 6.61 Å². The van der Waals surface area contributed by atoms with Crippen LogP contribution in [-0.2, 0) is 4.79 Å². The molecule has 1 aliphatic rings. The number of rotatable bonds is 4. The van der Waals surface area contributed by atoms with E-state index in [-0.39, 0.29) is 12.5 Å². The van der Waals surface area contributed by atoms with Crippen molar-refractivity contribution < 1.29 is 9.53 Å². The fourth-order valence-electron chi connectivity index (χ4n) is 1.52. The Hall–Kier alpha value is -2.11. The van der Waals surface area contributed by atoms with Gasteiger partial charge in [-0.3, -0.25) is 9.79 Å². The molecule has 0 fully saturated rings. The van der Waals surface area contributed by atoms with Gasteiger partial charge in [-0.15, -0.1) is 0 Å². The molecule has 96 valence electrons. The van der Waals surface area contributed by atoms with E-state index in [1.807, 2.05) is 12.1 Å². The summed E-state index contributed by atoms with van der Waals surface area (Å²) in [5, 5.41) is 3.16. The number of ether oxygens (including phenoxy) is 1. The lowest BCUT2D eigenvalue weighted by molar-refractivity contribution is -0.130. The van der Waals surface area contributed by atoms with Crippen LogP contribution in [0.3, 0.4) is 0 Å². The predicted octanol–water partition coefficient (Wildman–Crippen LogP) is -0.102. The van der Waals surface area contributed by atoms with Crippen molar-refractivity contribution in [1.82, 2.24) is 15.2 Å². The van der Waals surface area contributed by atoms with Gasteiger partial charge in [0.25, 0.3) is 5.91 Å². The standard InChI is InChI=1S/C12H16N4O2/c1-16(2)10(17)8-18-12-9(4-3-5-15-12)11-13-6-7-14-11/h3-5H,6-8H2,1-2H3,(H,13,14). The van der Waals surface area contributed by atoms with E-state index in [0.717, 1.165) is 24.5 Å². The van der Waals surface area contributed by atoms with Crippen LogP contribution in [0.4, 0.5) is 0 Å². The average Bonchev–Trinajstić information content (AvgIpc) is 2.89. The Balaban J connectivity index is 2.10. The first-order valence-corrected chi connectivity index (χ1v) is 5.75. The predicted molar refractivity (Wildman–Crippen MR) is 67.8 cm³/mol. The van der Waals surface area contributed by atoms with Gasteiger partial charge in [-0.2, -0.15) is 0 Å². The SMILES string of the molecule is CN(C)C(=O)COc1ncccc1C1=NCCN1. The van der Waals surface area contributed by atoms with E-state index < -0.39 is 0 Å². The first-order chi connectivity index (χ1) is 8.68. The highest BCUT2D eigenvalue weighted by Crippen LogP contribution is 2.15. The minimum absolute atomic E-state index is 0.0235. The maximum atomic E-state index is 11.5. The molecule has 0 saturated heterocycles. The second-order valence-corrected chi connectivity index (χ2v) is 4.09. The lowest BCUT2D eigenvalue weighted by atomic mass is 10.2. The van der Waals surface area contributed by atoms with Gasteiger partial charge in [-0.1, -0.05) is 0 Å². The largest absolute Gasteiger partial charge is 0.467 e. The van der Waals surface area contributed by atoms with Crippen LogP contribution in [0.2, 0.25) is 0 Å². The molecule has 0 saturated carbocycles. The summed E-state index contributed by atoms with van der Waals surface area (Å²) in [6.07, 6.45) is 1.63. The van der Waals surface area contributed by atoms with Crippen LogP contribution >= 0.6 is 0 Å². The molecule has 0 aliphatic carbocycles. The second kappa shape index (κ2) is 5.48. The highest BCUT2D eigenvalue weighted by Gasteiger charge is 2.15. The van der Waals surface area contributed by atoms with E-state index in [0.29, 0.717) is 5.88 Å². The first-order valence-electron chi connectivity index (χ1n) is 5.75. The molecule has 18 heavy (non-hydrogen) atoms. The number of nitrogens with one attached hydrogen (secondary N) is 1. The van der Waals surface area contributed by atoms with E-state index in [2.05, 4.69) is 15.3 Å². The molecular formula is C12H16N4O2. The number of hydrogen-bond donors (Lipinski definition) is 1. The molecule has 1 aromatic rings. The van der Waals surface area contributed by atoms with Gasteiger partial charge < -0.3 is 15.0 Å². The van der Waals surface area contributed by atoms with Gasteiger partial charge in [0.2, 0.25) is 5.88 Å². The molecule has 1 aliphatic heterocycles. The summed E-state index contributed by atoms with van der Waals surface area (Å²) < 4.78 is 5.45. The molecule has 2 rings (SSSR count). The van der Waals surface area contributed by atoms with E-state index in [1.165, 1.54) is 4.90 Å². The molecule has 1 amide bonds. The molecule has 6 heteroatoms. The van der Waals surface area contributed by atoms with Gasteiger partial charge in [0, 0.05) is 26.8 Å². The van der Waals surface area contributed by atoms with Crippen molar-refractivity contribution in [2.75, 3.05) is 33.8 Å². The normalized spacial score (nSPS) is 13.8. The van der Waals surface area contributed by atoms with E-state index >= 15 is 0 Å². The quantitative estimate of drug-likeness (QED) is 0.808. The number of pyridine rings is 1. The molecule has 0 aromatic carbocycles. The highest BCUT2D eigenvalue weighted by atomic mass is 16.5. The number of hydrogen-bond acceptors (Lipinski definition) is 5. The minimum Gasteiger partial charge on any atom is -0.467 e. The number of amides is 1. The summed E-state index contributed by atoms with van der Waals surface area (Å²) in [4.78, 5) is 21.4. The summed E-state index contributed by atoms with van der Waals surface area (Å²) in [5.74, 6) is 1.10. The molecule has 1 aromatic heterocycles. The molecule has 6 nitrogen and oxygen atoms in total. The fourth-order valence-corrected chi connectivity index (χ4v) is 1.52. The van der Waals surface area contributed by atoms with Crippen LogP contribution in [0.1, 0.15) is 5.56 Å². The van der Waals surface area contributed by atoms with Crippen LogP contribution in [0.15, 0.2) is 23.3 Å². The van der Waals surface area contributed by atoms with E-state index in [1.54, 1.807) is 20.3 Å². The Morgan fingerprint density at radius 3 is 3.06 bits per heavy atom. The number of aromatic nitrogens is 1. The molecule has 2 heterocycles. The van der Waals surface area contributed by atoms with Crippen molar-refractivity contribution in [2.45, 2.75) is 0 Å². The molecular weight excluding hydrogens is 232 g/mol. The lowest BCUT2D eigenvalue weighted by Crippen LogP contribution is -2.28. The number of carbonyl (C=O) groups excluding carboxylic acids is 1. The van der Waals surface area contributed by atoms with Crippen molar-refractivity contribution in [1.29, 1.82) is 0 Å². The topological polar surface area (TPSA) is 66.8 Å². The van der Waals surface area contributed by atoms with Crippen LogP contribution in [0, 0.1) is 0 Å². The molecule has 0 radical (unpaired) electrons. The molecule has 0 atom stereocenters. The monoisotopic (exact) mass is 248 g/mol. The molecule has 0 spiro atoms. The third kappa shape index (κ3) is 2.77. The van der Waals surface area contributed by atoms with Crippen LogP contribution in [-0.4, -0.2) is 55.4 Å². The number of likely N-dealkylation sites (N-methyl/N-ethyl adjacent to an activating group) is 1. The minimum atomic E-state index is -0.104. The van der Waals surface area contributed by atoms with Gasteiger partial charge in [-0.25, -0.2) is 4.98 Å². The summed E-state index contributed by atoms with van der Waals surface area (Å²) in [6, 6.07) is 3.69. The highest BCUT2D eigenvalue weighted by molar-refractivity contribution is 6.01. The van der Waals surface area contributed by atoms with Crippen LogP contribution in [0.5, 0.6) is 5.88 Å².